The molecule has 0 bridgehead atoms. The van der Waals surface area contributed by atoms with Gasteiger partial charge in [-0.2, -0.15) is 13.2 Å². The van der Waals surface area contributed by atoms with Gasteiger partial charge in [0.05, 0.1) is 18.0 Å². The first-order valence-corrected chi connectivity index (χ1v) is 6.71. The van der Waals surface area contributed by atoms with E-state index in [0.29, 0.717) is 12.1 Å². The molecule has 0 radical (unpaired) electrons. The number of halogens is 5. The molecule has 10 heteroatoms. The van der Waals surface area contributed by atoms with Crippen molar-refractivity contribution < 1.29 is 30.4 Å². The van der Waals surface area contributed by atoms with Gasteiger partial charge in [0.25, 0.3) is 15.8 Å². The zero-order chi connectivity index (χ0) is 15.6. The normalized spacial score (nSPS) is 13.3. The van der Waals surface area contributed by atoms with Crippen LogP contribution in [0.1, 0.15) is 0 Å². The summed E-state index contributed by atoms with van der Waals surface area (Å²) < 4.78 is 84.5. The van der Waals surface area contributed by atoms with Crippen LogP contribution in [0.15, 0.2) is 29.2 Å². The van der Waals surface area contributed by atoms with Crippen molar-refractivity contribution in [3.8, 4) is 0 Å². The molecule has 0 spiro atoms. The number of nitrogens with one attached hydrogen (secondary N) is 1. The molecule has 0 aliphatic heterocycles. The fourth-order valence-corrected chi connectivity index (χ4v) is 1.95. The number of alkyl halides is 5. The summed E-state index contributed by atoms with van der Waals surface area (Å²) in [5.74, 6) is -3.17. The van der Waals surface area contributed by atoms with Crippen LogP contribution in [0.4, 0.5) is 27.6 Å². The monoisotopic (exact) mass is 318 g/mol. The Balaban J connectivity index is 2.86. The second-order valence-electron chi connectivity index (χ2n) is 3.89. The highest BCUT2D eigenvalue weighted by atomic mass is 32.2. The average molecular weight is 318 g/mol. The fourth-order valence-electron chi connectivity index (χ4n) is 1.19. The summed E-state index contributed by atoms with van der Waals surface area (Å²) in [5.41, 5.74) is -0.548. The summed E-state index contributed by atoms with van der Waals surface area (Å²) >= 11 is 0. The Morgan fingerprint density at radius 1 is 1.05 bits per heavy atom. The highest BCUT2D eigenvalue weighted by Crippen LogP contribution is 2.30. The SMILES string of the molecule is NCC(F)(F)CNc1ccc(S(=O)(=O)C(F)(F)F)cc1. The lowest BCUT2D eigenvalue weighted by Crippen LogP contribution is -2.35. The van der Waals surface area contributed by atoms with Gasteiger partial charge in [0.15, 0.2) is 0 Å². The summed E-state index contributed by atoms with van der Waals surface area (Å²) in [5, 5.41) is 2.25. The molecule has 0 saturated carbocycles. The Kier molecular flexibility index (Phi) is 4.59. The molecule has 3 N–H and O–H groups in total. The number of hydrogen-bond acceptors (Lipinski definition) is 4. The van der Waals surface area contributed by atoms with Gasteiger partial charge in [-0.3, -0.25) is 0 Å². The van der Waals surface area contributed by atoms with E-state index < -0.39 is 39.3 Å². The minimum Gasteiger partial charge on any atom is -0.379 e. The van der Waals surface area contributed by atoms with E-state index in [0.717, 1.165) is 12.1 Å². The third-order valence-electron chi connectivity index (χ3n) is 2.32. The van der Waals surface area contributed by atoms with Crippen molar-refractivity contribution in [2.75, 3.05) is 18.4 Å². The van der Waals surface area contributed by atoms with Crippen molar-refractivity contribution in [2.24, 2.45) is 5.73 Å². The number of rotatable bonds is 5. The smallest absolute Gasteiger partial charge is 0.379 e. The second-order valence-corrected chi connectivity index (χ2v) is 5.83. The molecule has 0 amide bonds. The minimum absolute atomic E-state index is 0.0549. The third kappa shape index (κ3) is 3.79. The predicted octanol–water partition coefficient (Wildman–Crippen LogP) is 1.99. The highest BCUT2D eigenvalue weighted by molar-refractivity contribution is 7.92. The molecular formula is C10H11F5N2O2S. The van der Waals surface area contributed by atoms with Crippen molar-refractivity contribution in [1.29, 1.82) is 0 Å². The minimum atomic E-state index is -5.44. The zero-order valence-electron chi connectivity index (χ0n) is 9.92. The molecule has 1 aromatic carbocycles. The Bertz CT molecular complexity index is 554. The van der Waals surface area contributed by atoms with Crippen molar-refractivity contribution in [3.63, 3.8) is 0 Å². The van der Waals surface area contributed by atoms with Crippen molar-refractivity contribution in [3.05, 3.63) is 24.3 Å². The van der Waals surface area contributed by atoms with Crippen LogP contribution in [0, 0.1) is 0 Å². The number of sulfone groups is 1. The van der Waals surface area contributed by atoms with E-state index in [-0.39, 0.29) is 5.69 Å². The molecule has 4 nitrogen and oxygen atoms in total. The van der Waals surface area contributed by atoms with Gasteiger partial charge in [0, 0.05) is 5.69 Å². The molecule has 0 aromatic heterocycles. The summed E-state index contributed by atoms with van der Waals surface area (Å²) in [4.78, 5) is -0.957. The lowest BCUT2D eigenvalue weighted by atomic mass is 10.3. The van der Waals surface area contributed by atoms with Crippen molar-refractivity contribution >= 4 is 15.5 Å². The standard InChI is InChI=1S/C10H11F5N2O2S/c11-9(12,5-16)6-17-7-1-3-8(4-2-7)20(18,19)10(13,14)15/h1-4,17H,5-6,16H2. The Hall–Kier alpha value is -1.42. The largest absolute Gasteiger partial charge is 0.501 e. The molecule has 0 atom stereocenters. The van der Waals surface area contributed by atoms with Gasteiger partial charge in [0.1, 0.15) is 0 Å². The first-order chi connectivity index (χ1) is 8.99. The Morgan fingerprint density at radius 2 is 1.55 bits per heavy atom. The average Bonchev–Trinajstić information content (AvgIpc) is 2.36. The predicted molar refractivity (Wildman–Crippen MR) is 62.2 cm³/mol. The van der Waals surface area contributed by atoms with E-state index in [1.165, 1.54) is 0 Å². The molecule has 1 rings (SSSR count). The summed E-state index contributed by atoms with van der Waals surface area (Å²) in [6, 6.07) is 3.30. The fraction of sp³-hybridized carbons (Fsp3) is 0.400. The molecule has 114 valence electrons. The lowest BCUT2D eigenvalue weighted by molar-refractivity contribution is -0.0436. The maximum atomic E-state index is 12.8. The van der Waals surface area contributed by atoms with E-state index in [9.17, 15) is 30.4 Å². The maximum Gasteiger partial charge on any atom is 0.501 e. The Labute approximate surface area is 111 Å². The molecular weight excluding hydrogens is 307 g/mol. The first kappa shape index (κ1) is 16.6. The Morgan fingerprint density at radius 3 is 1.95 bits per heavy atom. The second kappa shape index (κ2) is 5.52. The van der Waals surface area contributed by atoms with Gasteiger partial charge in [0.2, 0.25) is 0 Å². The van der Waals surface area contributed by atoms with Crippen LogP contribution in [0.2, 0.25) is 0 Å². The van der Waals surface area contributed by atoms with Crippen LogP contribution in [0.25, 0.3) is 0 Å². The molecule has 0 unspecified atom stereocenters. The van der Waals surface area contributed by atoms with E-state index >= 15 is 0 Å². The molecule has 0 heterocycles. The first-order valence-electron chi connectivity index (χ1n) is 5.23. The summed E-state index contributed by atoms with van der Waals surface area (Å²) in [6.45, 7) is -1.70. The van der Waals surface area contributed by atoms with E-state index in [1.807, 2.05) is 0 Å². The molecule has 0 aliphatic carbocycles. The van der Waals surface area contributed by atoms with Gasteiger partial charge in [-0.15, -0.1) is 0 Å². The quantitative estimate of drug-likeness (QED) is 0.815. The third-order valence-corrected chi connectivity index (χ3v) is 3.82. The topological polar surface area (TPSA) is 72.2 Å². The summed E-state index contributed by atoms with van der Waals surface area (Å²) in [7, 11) is -5.44. The molecule has 1 aromatic rings. The van der Waals surface area contributed by atoms with Gasteiger partial charge in [-0.1, -0.05) is 0 Å². The van der Waals surface area contributed by atoms with Gasteiger partial charge >= 0.3 is 5.51 Å². The van der Waals surface area contributed by atoms with Crippen LogP contribution >= 0.6 is 0 Å². The summed E-state index contributed by atoms with van der Waals surface area (Å²) in [6.07, 6.45) is 0. The molecule has 0 saturated heterocycles. The van der Waals surface area contributed by atoms with Crippen LogP contribution in [-0.4, -0.2) is 32.9 Å². The molecule has 20 heavy (non-hydrogen) atoms. The van der Waals surface area contributed by atoms with Crippen molar-refractivity contribution in [1.82, 2.24) is 0 Å². The van der Waals surface area contributed by atoms with Crippen LogP contribution in [0.5, 0.6) is 0 Å². The number of nitrogens with two attached hydrogens (primary N) is 1. The molecule has 0 fully saturated rings. The zero-order valence-corrected chi connectivity index (χ0v) is 10.7. The van der Waals surface area contributed by atoms with Crippen LogP contribution in [-0.2, 0) is 9.84 Å². The van der Waals surface area contributed by atoms with E-state index in [1.54, 1.807) is 0 Å². The lowest BCUT2D eigenvalue weighted by Gasteiger charge is -2.15. The van der Waals surface area contributed by atoms with E-state index in [2.05, 4.69) is 5.32 Å². The van der Waals surface area contributed by atoms with Crippen molar-refractivity contribution in [2.45, 2.75) is 16.3 Å². The number of benzene rings is 1. The molecule has 0 aliphatic rings. The van der Waals surface area contributed by atoms with Gasteiger partial charge in [-0.25, -0.2) is 17.2 Å². The van der Waals surface area contributed by atoms with Gasteiger partial charge < -0.3 is 11.1 Å². The highest BCUT2D eigenvalue weighted by Gasteiger charge is 2.46. The number of hydrogen-bond donors (Lipinski definition) is 2. The van der Waals surface area contributed by atoms with Gasteiger partial charge in [-0.05, 0) is 24.3 Å². The van der Waals surface area contributed by atoms with Crippen LogP contribution < -0.4 is 11.1 Å². The number of anilines is 1. The maximum absolute atomic E-state index is 12.8. The van der Waals surface area contributed by atoms with Crippen LogP contribution in [0.3, 0.4) is 0 Å². The van der Waals surface area contributed by atoms with E-state index in [4.69, 9.17) is 5.73 Å².